The number of nitrogens with one attached hydrogen (secondary N) is 1. The van der Waals surface area contributed by atoms with Gasteiger partial charge in [-0.2, -0.15) is 0 Å². The van der Waals surface area contributed by atoms with E-state index in [0.29, 0.717) is 6.04 Å². The number of hydrogen-bond donors (Lipinski definition) is 1. The highest BCUT2D eigenvalue weighted by molar-refractivity contribution is 5.27. The summed E-state index contributed by atoms with van der Waals surface area (Å²) in [4.78, 5) is 0. The van der Waals surface area contributed by atoms with Gasteiger partial charge in [-0.15, -0.1) is 0 Å². The zero-order chi connectivity index (χ0) is 14.5. The lowest BCUT2D eigenvalue weighted by atomic mass is 9.71. The molecule has 1 aromatic rings. The smallest absolute Gasteiger partial charge is 0.00104 e. The quantitative estimate of drug-likeness (QED) is 0.815. The molecular weight excluding hydrogens is 242 g/mol. The summed E-state index contributed by atoms with van der Waals surface area (Å²) in [5, 5.41) is 3.66. The summed E-state index contributed by atoms with van der Waals surface area (Å²) in [7, 11) is 0. The maximum Gasteiger partial charge on any atom is 0.00104 e. The van der Waals surface area contributed by atoms with E-state index in [0.717, 1.165) is 24.2 Å². The maximum atomic E-state index is 3.66. The van der Waals surface area contributed by atoms with Gasteiger partial charge in [0.05, 0.1) is 0 Å². The van der Waals surface area contributed by atoms with Crippen molar-refractivity contribution in [3.05, 3.63) is 35.4 Å². The second-order valence-electron chi connectivity index (χ2n) is 6.95. The van der Waals surface area contributed by atoms with E-state index in [1.54, 1.807) is 5.56 Å². The van der Waals surface area contributed by atoms with Crippen molar-refractivity contribution in [1.82, 2.24) is 5.32 Å². The fourth-order valence-corrected chi connectivity index (χ4v) is 3.53. The molecule has 1 aromatic carbocycles. The molecule has 0 aromatic heterocycles. The maximum absolute atomic E-state index is 3.66. The number of benzene rings is 1. The summed E-state index contributed by atoms with van der Waals surface area (Å²) in [6, 6.07) is 9.91. The van der Waals surface area contributed by atoms with Crippen molar-refractivity contribution in [2.45, 2.75) is 65.3 Å². The van der Waals surface area contributed by atoms with Gasteiger partial charge in [-0.3, -0.25) is 0 Å². The lowest BCUT2D eigenvalue weighted by Gasteiger charge is -2.36. The van der Waals surface area contributed by atoms with Crippen LogP contribution in [-0.2, 0) is 6.42 Å². The van der Waals surface area contributed by atoms with Crippen LogP contribution in [0.2, 0.25) is 0 Å². The third-order valence-electron chi connectivity index (χ3n) is 4.83. The normalized spacial score (nSPS) is 26.9. The molecule has 0 heterocycles. The molecule has 1 nitrogen and oxygen atoms in total. The molecule has 2 rings (SSSR count). The summed E-state index contributed by atoms with van der Waals surface area (Å²) >= 11 is 0. The molecule has 1 N–H and O–H groups in total. The summed E-state index contributed by atoms with van der Waals surface area (Å²) in [5.41, 5.74) is 3.06. The third kappa shape index (κ3) is 4.09. The molecule has 0 saturated heterocycles. The van der Waals surface area contributed by atoms with Gasteiger partial charge in [0.2, 0.25) is 0 Å². The van der Waals surface area contributed by atoms with Crippen LogP contribution in [-0.4, -0.2) is 12.6 Å². The summed E-state index contributed by atoms with van der Waals surface area (Å²) in [5.74, 6) is 2.43. The van der Waals surface area contributed by atoms with Crippen molar-refractivity contribution in [1.29, 1.82) is 0 Å². The van der Waals surface area contributed by atoms with Crippen LogP contribution < -0.4 is 5.32 Å². The molecule has 1 fully saturated rings. The molecule has 0 spiro atoms. The largest absolute Gasteiger partial charge is 0.314 e. The van der Waals surface area contributed by atoms with Gasteiger partial charge >= 0.3 is 0 Å². The minimum Gasteiger partial charge on any atom is -0.314 e. The van der Waals surface area contributed by atoms with E-state index in [4.69, 9.17) is 0 Å². The monoisotopic (exact) mass is 273 g/mol. The van der Waals surface area contributed by atoms with Crippen LogP contribution in [0.4, 0.5) is 0 Å². The van der Waals surface area contributed by atoms with Gasteiger partial charge in [0.1, 0.15) is 0 Å². The van der Waals surface area contributed by atoms with Gasteiger partial charge in [-0.1, -0.05) is 58.4 Å². The van der Waals surface area contributed by atoms with Gasteiger partial charge in [-0.25, -0.2) is 0 Å². The predicted octanol–water partition coefficient (Wildman–Crippen LogP) is 4.77. The second-order valence-corrected chi connectivity index (χ2v) is 6.95. The van der Waals surface area contributed by atoms with Gasteiger partial charge in [-0.05, 0) is 54.7 Å². The predicted molar refractivity (Wildman–Crippen MR) is 88.2 cm³/mol. The van der Waals surface area contributed by atoms with E-state index >= 15 is 0 Å². The Morgan fingerprint density at radius 1 is 1.25 bits per heavy atom. The van der Waals surface area contributed by atoms with Crippen LogP contribution in [0.1, 0.15) is 64.0 Å². The minimum atomic E-state index is 0.594. The van der Waals surface area contributed by atoms with Crippen LogP contribution in [0.5, 0.6) is 0 Å². The molecule has 3 atom stereocenters. The Bertz CT molecular complexity index is 410. The molecule has 0 radical (unpaired) electrons. The van der Waals surface area contributed by atoms with Crippen LogP contribution in [0.3, 0.4) is 0 Å². The van der Waals surface area contributed by atoms with Crippen molar-refractivity contribution in [2.24, 2.45) is 11.8 Å². The van der Waals surface area contributed by atoms with E-state index < -0.39 is 0 Å². The number of aryl methyl sites for hydroxylation is 1. The van der Waals surface area contributed by atoms with Crippen LogP contribution >= 0.6 is 0 Å². The fourth-order valence-electron chi connectivity index (χ4n) is 3.53. The van der Waals surface area contributed by atoms with Crippen LogP contribution in [0, 0.1) is 11.8 Å². The highest BCUT2D eigenvalue weighted by atomic mass is 14.9. The van der Waals surface area contributed by atoms with Gasteiger partial charge < -0.3 is 5.32 Å². The molecule has 112 valence electrons. The molecule has 1 aliphatic rings. The topological polar surface area (TPSA) is 12.0 Å². The minimum absolute atomic E-state index is 0.594. The lowest BCUT2D eigenvalue weighted by molar-refractivity contribution is 0.238. The molecule has 0 amide bonds. The molecule has 20 heavy (non-hydrogen) atoms. The summed E-state index contributed by atoms with van der Waals surface area (Å²) < 4.78 is 0. The summed E-state index contributed by atoms with van der Waals surface area (Å²) in [6.07, 6.45) is 5.28. The fraction of sp³-hybridized carbons (Fsp3) is 0.684. The first kappa shape index (κ1) is 15.6. The molecular formula is C19H31N. The number of hydrogen-bond acceptors (Lipinski definition) is 1. The molecule has 1 aliphatic carbocycles. The van der Waals surface area contributed by atoms with E-state index in [1.165, 1.54) is 31.4 Å². The highest BCUT2D eigenvalue weighted by Crippen LogP contribution is 2.40. The highest BCUT2D eigenvalue weighted by Gasteiger charge is 2.29. The first-order chi connectivity index (χ1) is 9.60. The first-order valence-electron chi connectivity index (χ1n) is 8.42. The second kappa shape index (κ2) is 7.26. The molecule has 1 saturated carbocycles. The summed E-state index contributed by atoms with van der Waals surface area (Å²) in [6.45, 7) is 10.3. The van der Waals surface area contributed by atoms with Crippen molar-refractivity contribution < 1.29 is 0 Å². The Morgan fingerprint density at radius 3 is 2.75 bits per heavy atom. The molecule has 3 unspecified atom stereocenters. The Morgan fingerprint density at radius 2 is 2.05 bits per heavy atom. The van der Waals surface area contributed by atoms with Gasteiger partial charge in [0.15, 0.2) is 0 Å². The van der Waals surface area contributed by atoms with Crippen molar-refractivity contribution >= 4 is 0 Å². The van der Waals surface area contributed by atoms with Crippen LogP contribution in [0.25, 0.3) is 0 Å². The van der Waals surface area contributed by atoms with Crippen molar-refractivity contribution in [3.63, 3.8) is 0 Å². The Hall–Kier alpha value is -0.820. The van der Waals surface area contributed by atoms with Crippen molar-refractivity contribution in [2.75, 3.05) is 6.54 Å². The zero-order valence-electron chi connectivity index (χ0n) is 13.7. The number of rotatable bonds is 5. The first-order valence-corrected chi connectivity index (χ1v) is 8.42. The standard InChI is InChI=1S/C19H31N/c1-5-16-7-6-8-17(12-16)19-11-15(4)9-10-18(19)13-20-14(2)3/h6-8,12,14-15,18-20H,5,9-11,13H2,1-4H3. The van der Waals surface area contributed by atoms with E-state index in [1.807, 2.05) is 0 Å². The Labute approximate surface area is 125 Å². The average molecular weight is 273 g/mol. The molecule has 0 aliphatic heterocycles. The van der Waals surface area contributed by atoms with Crippen molar-refractivity contribution in [3.8, 4) is 0 Å². The van der Waals surface area contributed by atoms with Gasteiger partial charge in [0, 0.05) is 6.04 Å². The van der Waals surface area contributed by atoms with E-state index in [9.17, 15) is 0 Å². The zero-order valence-corrected chi connectivity index (χ0v) is 13.7. The van der Waals surface area contributed by atoms with Gasteiger partial charge in [0.25, 0.3) is 0 Å². The molecule has 0 bridgehead atoms. The third-order valence-corrected chi connectivity index (χ3v) is 4.83. The molecule has 1 heteroatoms. The average Bonchev–Trinajstić information content (AvgIpc) is 2.46. The SMILES string of the molecule is CCc1cccc(C2CC(C)CCC2CNC(C)C)c1. The lowest BCUT2D eigenvalue weighted by Crippen LogP contribution is -2.34. The van der Waals surface area contributed by atoms with E-state index in [-0.39, 0.29) is 0 Å². The Balaban J connectivity index is 2.13. The van der Waals surface area contributed by atoms with E-state index in [2.05, 4.69) is 57.3 Å². The Kier molecular flexibility index (Phi) is 5.65. The van der Waals surface area contributed by atoms with Crippen LogP contribution in [0.15, 0.2) is 24.3 Å².